The number of rotatable bonds is 1. The molecule has 4 aromatic rings. The summed E-state index contributed by atoms with van der Waals surface area (Å²) in [6.45, 7) is 0. The molecule has 0 aliphatic carbocycles. The second kappa shape index (κ2) is 5.11. The van der Waals surface area contributed by atoms with E-state index in [1.165, 1.54) is 12.1 Å². The maximum Gasteiger partial charge on any atom is 0.136 e. The van der Waals surface area contributed by atoms with Crippen LogP contribution in [0.5, 0.6) is 0 Å². The van der Waals surface area contributed by atoms with Gasteiger partial charge in [-0.15, -0.1) is 0 Å². The van der Waals surface area contributed by atoms with Crippen molar-refractivity contribution in [2.24, 2.45) is 4.99 Å². The number of para-hydroxylation sites is 2. The molecule has 0 N–H and O–H groups in total. The summed E-state index contributed by atoms with van der Waals surface area (Å²) in [6.07, 6.45) is 0. The molecule has 3 heteroatoms. The zero-order chi connectivity index (χ0) is 14.9. The standard InChI is InChI=1S/C19H12FNO/c20-13-6-5-7-14(12-13)21-19-15-8-1-3-10-17(15)22-18-11-4-2-9-16(18)19/h1-12H. The van der Waals surface area contributed by atoms with Gasteiger partial charge in [0.25, 0.3) is 0 Å². The van der Waals surface area contributed by atoms with E-state index in [-0.39, 0.29) is 5.82 Å². The monoisotopic (exact) mass is 289 g/mol. The van der Waals surface area contributed by atoms with Crippen LogP contribution in [0.3, 0.4) is 0 Å². The molecule has 0 radical (unpaired) electrons. The molecule has 0 unspecified atom stereocenters. The van der Waals surface area contributed by atoms with Gasteiger partial charge in [0.1, 0.15) is 17.0 Å². The van der Waals surface area contributed by atoms with E-state index in [9.17, 15) is 4.39 Å². The Balaban J connectivity index is 2.17. The molecule has 0 fully saturated rings. The summed E-state index contributed by atoms with van der Waals surface area (Å²) in [5, 5.41) is 2.61. The third-order valence-corrected chi connectivity index (χ3v) is 3.55. The van der Waals surface area contributed by atoms with Crippen LogP contribution < -0.4 is 5.36 Å². The third-order valence-electron chi connectivity index (χ3n) is 3.55. The first kappa shape index (κ1) is 12.8. The fourth-order valence-electron chi connectivity index (χ4n) is 2.56. The molecular formula is C19H12FNO. The minimum atomic E-state index is -0.296. The minimum Gasteiger partial charge on any atom is -0.456 e. The third kappa shape index (κ3) is 2.17. The van der Waals surface area contributed by atoms with E-state index in [1.54, 1.807) is 12.1 Å². The van der Waals surface area contributed by atoms with Gasteiger partial charge in [0, 0.05) is 10.8 Å². The first-order valence-electron chi connectivity index (χ1n) is 7.02. The van der Waals surface area contributed by atoms with Crippen LogP contribution in [0.15, 0.2) is 82.2 Å². The van der Waals surface area contributed by atoms with E-state index in [2.05, 4.69) is 4.99 Å². The fourth-order valence-corrected chi connectivity index (χ4v) is 2.56. The van der Waals surface area contributed by atoms with Crippen LogP contribution in [0.25, 0.3) is 21.9 Å². The predicted molar refractivity (Wildman–Crippen MR) is 85.3 cm³/mol. The zero-order valence-electron chi connectivity index (χ0n) is 11.7. The molecule has 0 amide bonds. The van der Waals surface area contributed by atoms with E-state index >= 15 is 0 Å². The van der Waals surface area contributed by atoms with Crippen molar-refractivity contribution in [3.63, 3.8) is 0 Å². The Morgan fingerprint density at radius 3 is 2.00 bits per heavy atom. The van der Waals surface area contributed by atoms with E-state index in [0.717, 1.165) is 27.3 Å². The Morgan fingerprint density at radius 1 is 0.727 bits per heavy atom. The summed E-state index contributed by atoms with van der Waals surface area (Å²) in [4.78, 5) is 4.66. The first-order chi connectivity index (χ1) is 10.8. The van der Waals surface area contributed by atoms with Crippen LogP contribution in [0.1, 0.15) is 0 Å². The Bertz CT molecular complexity index is 993. The van der Waals surface area contributed by atoms with Crippen molar-refractivity contribution in [2.75, 3.05) is 0 Å². The summed E-state index contributed by atoms with van der Waals surface area (Å²) >= 11 is 0. The summed E-state index contributed by atoms with van der Waals surface area (Å²) in [5.74, 6) is -0.296. The summed E-state index contributed by atoms with van der Waals surface area (Å²) in [5.41, 5.74) is 2.11. The number of benzene rings is 3. The van der Waals surface area contributed by atoms with Crippen molar-refractivity contribution in [1.29, 1.82) is 0 Å². The Labute approximate surface area is 126 Å². The maximum atomic E-state index is 13.4. The molecule has 4 rings (SSSR count). The van der Waals surface area contributed by atoms with Gasteiger partial charge in [-0.05, 0) is 42.5 Å². The molecule has 0 spiro atoms. The second-order valence-electron chi connectivity index (χ2n) is 5.03. The van der Waals surface area contributed by atoms with Crippen molar-refractivity contribution in [3.05, 3.63) is 84.0 Å². The highest BCUT2D eigenvalue weighted by atomic mass is 19.1. The largest absolute Gasteiger partial charge is 0.456 e. The second-order valence-corrected chi connectivity index (χ2v) is 5.03. The minimum absolute atomic E-state index is 0.296. The molecule has 22 heavy (non-hydrogen) atoms. The Hall–Kier alpha value is -2.94. The van der Waals surface area contributed by atoms with Gasteiger partial charge in [-0.1, -0.05) is 30.3 Å². The van der Waals surface area contributed by atoms with Crippen LogP contribution >= 0.6 is 0 Å². The van der Waals surface area contributed by atoms with Crippen molar-refractivity contribution in [1.82, 2.24) is 0 Å². The first-order valence-corrected chi connectivity index (χ1v) is 7.02. The number of fused-ring (bicyclic) bond motifs is 2. The van der Waals surface area contributed by atoms with Gasteiger partial charge in [-0.2, -0.15) is 0 Å². The van der Waals surface area contributed by atoms with Crippen LogP contribution in [-0.4, -0.2) is 0 Å². The average Bonchev–Trinajstić information content (AvgIpc) is 2.55. The van der Waals surface area contributed by atoms with E-state index in [1.807, 2.05) is 48.5 Å². The quantitative estimate of drug-likeness (QED) is 0.455. The molecule has 0 bridgehead atoms. The van der Waals surface area contributed by atoms with Gasteiger partial charge >= 0.3 is 0 Å². The molecule has 1 heterocycles. The van der Waals surface area contributed by atoms with Crippen molar-refractivity contribution < 1.29 is 8.81 Å². The van der Waals surface area contributed by atoms with E-state index < -0.39 is 0 Å². The van der Waals surface area contributed by atoms with Crippen LogP contribution in [0.2, 0.25) is 0 Å². The molecule has 0 saturated heterocycles. The van der Waals surface area contributed by atoms with Crippen molar-refractivity contribution in [2.45, 2.75) is 0 Å². The number of hydrogen-bond acceptors (Lipinski definition) is 2. The van der Waals surface area contributed by atoms with Gasteiger partial charge in [-0.25, -0.2) is 9.38 Å². The lowest BCUT2D eigenvalue weighted by Crippen LogP contribution is -2.04. The molecule has 3 aromatic carbocycles. The predicted octanol–water partition coefficient (Wildman–Crippen LogP) is 4.96. The normalized spacial score (nSPS) is 11.0. The van der Waals surface area contributed by atoms with E-state index in [0.29, 0.717) is 5.69 Å². The summed E-state index contributed by atoms with van der Waals surface area (Å²) < 4.78 is 19.3. The van der Waals surface area contributed by atoms with Gasteiger partial charge in [0.15, 0.2) is 0 Å². The fraction of sp³-hybridized carbons (Fsp3) is 0. The zero-order valence-corrected chi connectivity index (χ0v) is 11.7. The van der Waals surface area contributed by atoms with Gasteiger partial charge in [0.2, 0.25) is 0 Å². The summed E-state index contributed by atoms with van der Waals surface area (Å²) in [7, 11) is 0. The maximum absolute atomic E-state index is 13.4. The molecule has 1 aromatic heterocycles. The van der Waals surface area contributed by atoms with E-state index in [4.69, 9.17) is 4.42 Å². The number of halogens is 1. The molecule has 2 nitrogen and oxygen atoms in total. The highest BCUT2D eigenvalue weighted by Gasteiger charge is 2.05. The molecule has 0 saturated carbocycles. The molecule has 0 atom stereocenters. The topological polar surface area (TPSA) is 25.5 Å². The van der Waals surface area contributed by atoms with Crippen LogP contribution in [0.4, 0.5) is 10.1 Å². The van der Waals surface area contributed by atoms with Crippen molar-refractivity contribution >= 4 is 27.6 Å². The van der Waals surface area contributed by atoms with Gasteiger partial charge in [-0.3, -0.25) is 0 Å². The number of hydrogen-bond donors (Lipinski definition) is 0. The lowest BCUT2D eigenvalue weighted by molar-refractivity contribution is 0.628. The Morgan fingerprint density at radius 2 is 1.36 bits per heavy atom. The van der Waals surface area contributed by atoms with Gasteiger partial charge < -0.3 is 4.42 Å². The van der Waals surface area contributed by atoms with Crippen molar-refractivity contribution in [3.8, 4) is 0 Å². The molecule has 0 aliphatic rings. The highest BCUT2D eigenvalue weighted by molar-refractivity contribution is 5.89. The average molecular weight is 289 g/mol. The summed E-state index contributed by atoms with van der Waals surface area (Å²) in [6, 6.07) is 21.8. The smallest absolute Gasteiger partial charge is 0.136 e. The lowest BCUT2D eigenvalue weighted by atomic mass is 10.1. The SMILES string of the molecule is Fc1cccc(N=c2c3ccccc3oc3ccccc23)c1. The van der Waals surface area contributed by atoms with Crippen LogP contribution in [0, 0.1) is 5.82 Å². The Kier molecular flexibility index (Phi) is 2.97. The molecular weight excluding hydrogens is 277 g/mol. The van der Waals surface area contributed by atoms with Gasteiger partial charge in [0.05, 0.1) is 11.0 Å². The number of nitrogens with zero attached hydrogens (tertiary/aromatic N) is 1. The lowest BCUT2D eigenvalue weighted by Gasteiger charge is -2.04. The molecule has 106 valence electrons. The highest BCUT2D eigenvalue weighted by Crippen LogP contribution is 2.20. The molecule has 0 aliphatic heterocycles. The van der Waals surface area contributed by atoms with Crippen LogP contribution in [-0.2, 0) is 0 Å².